The van der Waals surface area contributed by atoms with E-state index in [0.29, 0.717) is 12.3 Å². The molecule has 3 nitrogen and oxygen atoms in total. The molecule has 1 amide bonds. The number of hydrogen-bond donors (Lipinski definition) is 1. The number of hydrogen-bond acceptors (Lipinski definition) is 2. The van der Waals surface area contributed by atoms with Crippen LogP contribution < -0.4 is 0 Å². The zero-order valence-corrected chi connectivity index (χ0v) is 11.6. The van der Waals surface area contributed by atoms with Crippen molar-refractivity contribution >= 4 is 5.91 Å². The molecule has 0 aromatic heterocycles. The van der Waals surface area contributed by atoms with Gasteiger partial charge in [-0.1, -0.05) is 19.1 Å². The highest BCUT2D eigenvalue weighted by molar-refractivity contribution is 5.75. The Morgan fingerprint density at radius 3 is 2.41 bits per heavy atom. The van der Waals surface area contributed by atoms with Crippen molar-refractivity contribution in [3.8, 4) is 0 Å². The summed E-state index contributed by atoms with van der Waals surface area (Å²) in [5.74, 6) is 0.526. The Kier molecular flexibility index (Phi) is 8.78. The number of carbonyl (C=O) groups excluding carboxylic acids is 1. The van der Waals surface area contributed by atoms with Gasteiger partial charge < -0.3 is 10.0 Å². The van der Waals surface area contributed by atoms with Crippen LogP contribution in [0.1, 0.15) is 46.0 Å². The Hall–Kier alpha value is -0.830. The fourth-order valence-corrected chi connectivity index (χ4v) is 1.39. The van der Waals surface area contributed by atoms with Gasteiger partial charge in [0.25, 0.3) is 0 Å². The molecule has 0 aliphatic heterocycles. The molecule has 0 aliphatic rings. The number of unbranched alkanes of at least 4 members (excludes halogenated alkanes) is 2. The standard InChI is InChI=1S/C14H27NO2/c1-12(13(2)16)10-8-6-5-7-9-11-14(17)15(3)4/h6,8,12-13,16H,5,7,9-11H2,1-4H3/b8-6+/t12-,13+/m1/s1. The van der Waals surface area contributed by atoms with Crippen LogP contribution in [0.25, 0.3) is 0 Å². The lowest BCUT2D eigenvalue weighted by molar-refractivity contribution is -0.128. The fraction of sp³-hybridized carbons (Fsp3) is 0.786. The van der Waals surface area contributed by atoms with Gasteiger partial charge in [-0.15, -0.1) is 0 Å². The maximum absolute atomic E-state index is 11.3. The number of rotatable bonds is 8. The van der Waals surface area contributed by atoms with E-state index in [9.17, 15) is 9.90 Å². The summed E-state index contributed by atoms with van der Waals surface area (Å²) in [4.78, 5) is 12.9. The van der Waals surface area contributed by atoms with Crippen molar-refractivity contribution in [3.63, 3.8) is 0 Å². The van der Waals surface area contributed by atoms with E-state index < -0.39 is 0 Å². The molecule has 2 atom stereocenters. The highest BCUT2D eigenvalue weighted by Crippen LogP contribution is 2.09. The highest BCUT2D eigenvalue weighted by atomic mass is 16.3. The first-order valence-corrected chi connectivity index (χ1v) is 6.48. The normalized spacial score (nSPS) is 14.9. The summed E-state index contributed by atoms with van der Waals surface area (Å²) in [5, 5.41) is 9.30. The van der Waals surface area contributed by atoms with Crippen molar-refractivity contribution in [3.05, 3.63) is 12.2 Å². The summed E-state index contributed by atoms with van der Waals surface area (Å²) >= 11 is 0. The minimum atomic E-state index is -0.239. The average Bonchev–Trinajstić information content (AvgIpc) is 2.26. The van der Waals surface area contributed by atoms with Gasteiger partial charge in [-0.25, -0.2) is 0 Å². The molecule has 17 heavy (non-hydrogen) atoms. The average molecular weight is 241 g/mol. The van der Waals surface area contributed by atoms with E-state index in [2.05, 4.69) is 12.2 Å². The summed E-state index contributed by atoms with van der Waals surface area (Å²) in [7, 11) is 3.58. The van der Waals surface area contributed by atoms with Crippen LogP contribution >= 0.6 is 0 Å². The third-order valence-electron chi connectivity index (χ3n) is 3.01. The van der Waals surface area contributed by atoms with Gasteiger partial charge in [-0.3, -0.25) is 4.79 Å². The monoisotopic (exact) mass is 241 g/mol. The van der Waals surface area contributed by atoms with Crippen molar-refractivity contribution in [2.45, 2.75) is 52.1 Å². The first-order valence-electron chi connectivity index (χ1n) is 6.48. The molecule has 0 heterocycles. The lowest BCUT2D eigenvalue weighted by Crippen LogP contribution is -2.20. The first kappa shape index (κ1) is 16.2. The predicted octanol–water partition coefficient (Wildman–Crippen LogP) is 2.60. The maximum atomic E-state index is 11.3. The van der Waals surface area contributed by atoms with E-state index >= 15 is 0 Å². The molecule has 0 saturated carbocycles. The molecule has 0 aliphatic carbocycles. The molecule has 0 saturated heterocycles. The van der Waals surface area contributed by atoms with E-state index in [1.165, 1.54) is 0 Å². The van der Waals surface area contributed by atoms with Gasteiger partial charge in [-0.05, 0) is 38.5 Å². The van der Waals surface area contributed by atoms with Crippen LogP contribution in [0.3, 0.4) is 0 Å². The van der Waals surface area contributed by atoms with E-state index in [4.69, 9.17) is 0 Å². The summed E-state index contributed by atoms with van der Waals surface area (Å²) in [6.07, 6.45) is 8.64. The molecule has 0 spiro atoms. The van der Waals surface area contributed by atoms with Crippen molar-refractivity contribution in [2.75, 3.05) is 14.1 Å². The molecule has 0 aromatic carbocycles. The SMILES string of the molecule is C[C@H](O)[C@H](C)C/C=C/CCCCC(=O)N(C)C. The second-order valence-electron chi connectivity index (χ2n) is 4.96. The molecule has 1 N–H and O–H groups in total. The fourth-order valence-electron chi connectivity index (χ4n) is 1.39. The second kappa shape index (κ2) is 9.23. The largest absolute Gasteiger partial charge is 0.393 e. The van der Waals surface area contributed by atoms with Gasteiger partial charge in [-0.2, -0.15) is 0 Å². The smallest absolute Gasteiger partial charge is 0.222 e. The van der Waals surface area contributed by atoms with Crippen LogP contribution in [0.2, 0.25) is 0 Å². The summed E-state index contributed by atoms with van der Waals surface area (Å²) < 4.78 is 0. The van der Waals surface area contributed by atoms with Crippen molar-refractivity contribution in [2.24, 2.45) is 5.92 Å². The number of nitrogens with zero attached hydrogens (tertiary/aromatic N) is 1. The Labute approximate surface area is 106 Å². The van der Waals surface area contributed by atoms with Gasteiger partial charge in [0.2, 0.25) is 5.91 Å². The van der Waals surface area contributed by atoms with Crippen LogP contribution in [0.5, 0.6) is 0 Å². The van der Waals surface area contributed by atoms with Gasteiger partial charge in [0.05, 0.1) is 6.10 Å². The molecular formula is C14H27NO2. The Morgan fingerprint density at radius 2 is 1.88 bits per heavy atom. The molecule has 100 valence electrons. The van der Waals surface area contributed by atoms with Gasteiger partial charge in [0, 0.05) is 20.5 Å². The van der Waals surface area contributed by atoms with Gasteiger partial charge in [0.1, 0.15) is 0 Å². The number of aliphatic hydroxyl groups is 1. The second-order valence-corrected chi connectivity index (χ2v) is 4.96. The molecular weight excluding hydrogens is 214 g/mol. The molecule has 0 fully saturated rings. The lowest BCUT2D eigenvalue weighted by Gasteiger charge is -2.11. The third-order valence-corrected chi connectivity index (χ3v) is 3.01. The van der Waals surface area contributed by atoms with E-state index in [1.54, 1.807) is 19.0 Å². The first-order chi connectivity index (χ1) is 7.95. The number of aliphatic hydroxyl groups excluding tert-OH is 1. The van der Waals surface area contributed by atoms with Crippen LogP contribution in [-0.2, 0) is 4.79 Å². The molecule has 0 rings (SSSR count). The molecule has 3 heteroatoms. The summed E-state index contributed by atoms with van der Waals surface area (Å²) in [5.41, 5.74) is 0. The summed E-state index contributed by atoms with van der Waals surface area (Å²) in [6, 6.07) is 0. The van der Waals surface area contributed by atoms with Gasteiger partial charge >= 0.3 is 0 Å². The molecule has 0 radical (unpaired) electrons. The van der Waals surface area contributed by atoms with Crippen LogP contribution in [0.15, 0.2) is 12.2 Å². The van der Waals surface area contributed by atoms with Crippen LogP contribution in [-0.4, -0.2) is 36.1 Å². The van der Waals surface area contributed by atoms with E-state index in [0.717, 1.165) is 25.7 Å². The highest BCUT2D eigenvalue weighted by Gasteiger charge is 2.05. The zero-order chi connectivity index (χ0) is 13.3. The quantitative estimate of drug-likeness (QED) is 0.524. The Bertz CT molecular complexity index is 234. The summed E-state index contributed by atoms with van der Waals surface area (Å²) in [6.45, 7) is 3.87. The van der Waals surface area contributed by atoms with Crippen molar-refractivity contribution in [1.82, 2.24) is 4.90 Å². The van der Waals surface area contributed by atoms with E-state index in [-0.39, 0.29) is 12.0 Å². The molecule has 0 unspecified atom stereocenters. The lowest BCUT2D eigenvalue weighted by atomic mass is 10.0. The van der Waals surface area contributed by atoms with Crippen molar-refractivity contribution < 1.29 is 9.90 Å². The van der Waals surface area contributed by atoms with Crippen LogP contribution in [0, 0.1) is 5.92 Å². The Morgan fingerprint density at radius 1 is 1.24 bits per heavy atom. The minimum absolute atomic E-state index is 0.205. The van der Waals surface area contributed by atoms with E-state index in [1.807, 2.05) is 13.8 Å². The third kappa shape index (κ3) is 8.93. The Balaban J connectivity index is 3.46. The molecule has 0 bridgehead atoms. The van der Waals surface area contributed by atoms with Crippen molar-refractivity contribution in [1.29, 1.82) is 0 Å². The topological polar surface area (TPSA) is 40.5 Å². The zero-order valence-electron chi connectivity index (χ0n) is 11.6. The predicted molar refractivity (Wildman–Crippen MR) is 71.8 cm³/mol. The minimum Gasteiger partial charge on any atom is -0.393 e. The maximum Gasteiger partial charge on any atom is 0.222 e. The van der Waals surface area contributed by atoms with Crippen LogP contribution in [0.4, 0.5) is 0 Å². The number of allylic oxidation sites excluding steroid dienone is 2. The number of amides is 1. The van der Waals surface area contributed by atoms with Gasteiger partial charge in [0.15, 0.2) is 0 Å². The molecule has 0 aromatic rings. The number of carbonyl (C=O) groups is 1.